The molecule has 0 amide bonds. The Morgan fingerprint density at radius 1 is 1.00 bits per heavy atom. The molecule has 2 aliphatic rings. The lowest BCUT2D eigenvalue weighted by molar-refractivity contribution is 0.232. The van der Waals surface area contributed by atoms with Crippen LogP contribution < -0.4 is 10.5 Å². The Morgan fingerprint density at radius 2 is 1.86 bits per heavy atom. The van der Waals surface area contributed by atoms with Crippen LogP contribution in [0, 0.1) is 5.92 Å². The maximum absolute atomic E-state index is 6.04. The molecule has 0 saturated carbocycles. The van der Waals surface area contributed by atoms with Crippen molar-refractivity contribution in [3.8, 4) is 5.75 Å². The molecular formula is C19H19NO. The zero-order valence-electron chi connectivity index (χ0n) is 11.9. The molecule has 0 aromatic heterocycles. The lowest BCUT2D eigenvalue weighted by Gasteiger charge is -2.26. The molecule has 3 atom stereocenters. The number of ether oxygens (including phenoxy) is 1. The highest BCUT2D eigenvalue weighted by atomic mass is 16.5. The van der Waals surface area contributed by atoms with Crippen molar-refractivity contribution in [1.29, 1.82) is 0 Å². The summed E-state index contributed by atoms with van der Waals surface area (Å²) in [6.07, 6.45) is 6.93. The molecule has 3 unspecified atom stereocenters. The summed E-state index contributed by atoms with van der Waals surface area (Å²) >= 11 is 0. The predicted octanol–water partition coefficient (Wildman–Crippen LogP) is 3.93. The van der Waals surface area contributed by atoms with Gasteiger partial charge in [-0.15, -0.1) is 0 Å². The normalized spacial score (nSPS) is 26.0. The van der Waals surface area contributed by atoms with Crippen LogP contribution in [0.3, 0.4) is 0 Å². The second kappa shape index (κ2) is 4.96. The summed E-state index contributed by atoms with van der Waals surface area (Å²) in [5, 5.41) is 0. The summed E-state index contributed by atoms with van der Waals surface area (Å²) in [6, 6.07) is 16.8. The summed E-state index contributed by atoms with van der Waals surface area (Å²) in [5.41, 5.74) is 9.47. The minimum atomic E-state index is 0.164. The fraction of sp³-hybridized carbons (Fsp3) is 0.263. The van der Waals surface area contributed by atoms with Gasteiger partial charge in [0, 0.05) is 11.5 Å². The molecule has 1 aliphatic heterocycles. The van der Waals surface area contributed by atoms with Crippen molar-refractivity contribution in [2.24, 2.45) is 5.92 Å². The number of para-hydroxylation sites is 1. The van der Waals surface area contributed by atoms with E-state index in [-0.39, 0.29) is 6.10 Å². The fourth-order valence-electron chi connectivity index (χ4n) is 3.57. The van der Waals surface area contributed by atoms with Gasteiger partial charge >= 0.3 is 0 Å². The van der Waals surface area contributed by atoms with Crippen LogP contribution in [0.2, 0.25) is 0 Å². The molecule has 106 valence electrons. The first-order chi connectivity index (χ1) is 10.3. The van der Waals surface area contributed by atoms with Crippen molar-refractivity contribution >= 4 is 5.69 Å². The Bertz CT molecular complexity index is 677. The van der Waals surface area contributed by atoms with Crippen LogP contribution >= 0.6 is 0 Å². The Labute approximate surface area is 125 Å². The maximum atomic E-state index is 6.04. The third-order valence-electron chi connectivity index (χ3n) is 4.60. The van der Waals surface area contributed by atoms with Gasteiger partial charge in [-0.05, 0) is 36.5 Å². The molecule has 2 nitrogen and oxygen atoms in total. The topological polar surface area (TPSA) is 35.2 Å². The average Bonchev–Trinajstić information content (AvgIpc) is 2.88. The van der Waals surface area contributed by atoms with Crippen LogP contribution in [0.1, 0.15) is 23.5 Å². The highest BCUT2D eigenvalue weighted by Crippen LogP contribution is 2.47. The van der Waals surface area contributed by atoms with E-state index in [9.17, 15) is 0 Å². The summed E-state index contributed by atoms with van der Waals surface area (Å²) in [7, 11) is 0. The van der Waals surface area contributed by atoms with Crippen molar-refractivity contribution in [3.05, 3.63) is 71.8 Å². The van der Waals surface area contributed by atoms with E-state index in [1.165, 1.54) is 11.1 Å². The van der Waals surface area contributed by atoms with E-state index in [4.69, 9.17) is 10.5 Å². The minimum absolute atomic E-state index is 0.164. The number of benzene rings is 2. The van der Waals surface area contributed by atoms with Gasteiger partial charge in [-0.2, -0.15) is 0 Å². The maximum Gasteiger partial charge on any atom is 0.146 e. The number of allylic oxidation sites excluding steroid dienone is 1. The Hall–Kier alpha value is -2.22. The largest absolute Gasteiger partial charge is 0.483 e. The quantitative estimate of drug-likeness (QED) is 0.666. The third-order valence-corrected chi connectivity index (χ3v) is 4.60. The molecule has 2 N–H and O–H groups in total. The van der Waals surface area contributed by atoms with Crippen molar-refractivity contribution in [3.63, 3.8) is 0 Å². The van der Waals surface area contributed by atoms with Crippen molar-refractivity contribution in [2.75, 3.05) is 5.73 Å². The number of rotatable bonds is 2. The molecule has 0 radical (unpaired) electrons. The fourth-order valence-corrected chi connectivity index (χ4v) is 3.57. The summed E-state index contributed by atoms with van der Waals surface area (Å²) < 4.78 is 6.03. The van der Waals surface area contributed by atoms with Gasteiger partial charge in [0.2, 0.25) is 0 Å². The van der Waals surface area contributed by atoms with Gasteiger partial charge in [0.25, 0.3) is 0 Å². The zero-order chi connectivity index (χ0) is 14.2. The Morgan fingerprint density at radius 3 is 2.71 bits per heavy atom. The van der Waals surface area contributed by atoms with Crippen molar-refractivity contribution < 1.29 is 4.74 Å². The van der Waals surface area contributed by atoms with E-state index in [1.807, 2.05) is 12.1 Å². The standard InChI is InChI=1S/C19H19NO/c20-17-8-4-7-15-16-12-14(9-10-18(16)21-19(15)17)11-13-5-2-1-3-6-13/h1-10,14,16,18H,11-12,20H2. The van der Waals surface area contributed by atoms with Gasteiger partial charge in [0.1, 0.15) is 11.9 Å². The lowest BCUT2D eigenvalue weighted by Crippen LogP contribution is -2.23. The smallest absolute Gasteiger partial charge is 0.146 e. The molecule has 2 aromatic rings. The predicted molar refractivity (Wildman–Crippen MR) is 85.4 cm³/mol. The van der Waals surface area contributed by atoms with Gasteiger partial charge in [-0.3, -0.25) is 0 Å². The first-order valence-corrected chi connectivity index (χ1v) is 7.58. The van der Waals surface area contributed by atoms with Gasteiger partial charge in [-0.1, -0.05) is 48.5 Å². The second-order valence-electron chi connectivity index (χ2n) is 6.02. The van der Waals surface area contributed by atoms with E-state index < -0.39 is 0 Å². The first kappa shape index (κ1) is 12.5. The SMILES string of the molecule is Nc1cccc2c1OC1C=CC(Cc3ccccc3)CC21. The Kier molecular flexibility index (Phi) is 2.95. The highest BCUT2D eigenvalue weighted by molar-refractivity contribution is 5.60. The molecule has 0 saturated heterocycles. The van der Waals surface area contributed by atoms with Gasteiger partial charge in [-0.25, -0.2) is 0 Å². The molecule has 2 aromatic carbocycles. The lowest BCUT2D eigenvalue weighted by atomic mass is 9.79. The van der Waals surface area contributed by atoms with Crippen molar-refractivity contribution in [1.82, 2.24) is 0 Å². The number of hydrogen-bond acceptors (Lipinski definition) is 2. The first-order valence-electron chi connectivity index (χ1n) is 7.58. The minimum Gasteiger partial charge on any atom is -0.483 e. The molecule has 1 heterocycles. The van der Waals surface area contributed by atoms with E-state index in [2.05, 4.69) is 48.6 Å². The molecule has 2 heteroatoms. The monoisotopic (exact) mass is 277 g/mol. The van der Waals surface area contributed by atoms with Crippen LogP contribution in [0.25, 0.3) is 0 Å². The van der Waals surface area contributed by atoms with Gasteiger partial charge < -0.3 is 10.5 Å². The molecule has 1 aliphatic carbocycles. The molecule has 21 heavy (non-hydrogen) atoms. The average molecular weight is 277 g/mol. The molecule has 0 spiro atoms. The number of anilines is 1. The summed E-state index contributed by atoms with van der Waals surface area (Å²) in [5.74, 6) is 1.92. The van der Waals surface area contributed by atoms with Crippen molar-refractivity contribution in [2.45, 2.75) is 24.9 Å². The number of hydrogen-bond donors (Lipinski definition) is 1. The van der Waals surface area contributed by atoms with E-state index in [0.29, 0.717) is 11.8 Å². The van der Waals surface area contributed by atoms with Crippen LogP contribution in [-0.4, -0.2) is 6.10 Å². The van der Waals surface area contributed by atoms with Gasteiger partial charge in [0.05, 0.1) is 5.69 Å². The zero-order valence-corrected chi connectivity index (χ0v) is 11.9. The third kappa shape index (κ3) is 2.21. The van der Waals surface area contributed by atoms with Crippen LogP contribution in [-0.2, 0) is 6.42 Å². The summed E-state index contributed by atoms with van der Waals surface area (Å²) in [4.78, 5) is 0. The van der Waals surface area contributed by atoms with Gasteiger partial charge in [0.15, 0.2) is 0 Å². The van der Waals surface area contributed by atoms with E-state index in [0.717, 1.165) is 24.3 Å². The molecule has 4 rings (SSSR count). The van der Waals surface area contributed by atoms with E-state index >= 15 is 0 Å². The molecule has 0 bridgehead atoms. The Balaban J connectivity index is 1.58. The number of nitrogens with two attached hydrogens (primary N) is 1. The molecular weight excluding hydrogens is 258 g/mol. The number of fused-ring (bicyclic) bond motifs is 3. The van der Waals surface area contributed by atoms with E-state index in [1.54, 1.807) is 0 Å². The van der Waals surface area contributed by atoms with Crippen LogP contribution in [0.4, 0.5) is 5.69 Å². The summed E-state index contributed by atoms with van der Waals surface area (Å²) in [6.45, 7) is 0. The highest BCUT2D eigenvalue weighted by Gasteiger charge is 2.37. The number of nitrogen functional groups attached to an aromatic ring is 1. The van der Waals surface area contributed by atoms with Crippen LogP contribution in [0.15, 0.2) is 60.7 Å². The second-order valence-corrected chi connectivity index (χ2v) is 6.02. The van der Waals surface area contributed by atoms with Crippen LogP contribution in [0.5, 0.6) is 5.75 Å². The molecule has 0 fully saturated rings.